The number of non-ortho nitro benzene ring substituents is 2. The number of aryl methyl sites for hydroxylation is 1. The highest BCUT2D eigenvalue weighted by Crippen LogP contribution is 2.37. The van der Waals surface area contributed by atoms with Crippen LogP contribution in [-0.4, -0.2) is 36.0 Å². The Morgan fingerprint density at radius 2 is 1.35 bits per heavy atom. The number of carbonyl (C=O) groups excluding carboxylic acids is 2. The van der Waals surface area contributed by atoms with Crippen molar-refractivity contribution in [1.82, 2.24) is 0 Å². The van der Waals surface area contributed by atoms with Gasteiger partial charge in [-0.05, 0) is 30.4 Å². The first-order chi connectivity index (χ1) is 14.7. The molecule has 2 aromatic rings. The Bertz CT molecular complexity index is 956. The SMILES string of the molecule is COC(=O)CCC(CCc1ccc([N+](=O)[O-])cc1)(C(=O)OC)c1ccc([N+](=O)[O-])cc1. The number of methoxy groups -OCH3 is 2. The van der Waals surface area contributed by atoms with E-state index in [2.05, 4.69) is 0 Å². The van der Waals surface area contributed by atoms with Gasteiger partial charge in [-0.25, -0.2) is 0 Å². The third kappa shape index (κ3) is 5.62. The fourth-order valence-electron chi connectivity index (χ4n) is 3.39. The quantitative estimate of drug-likeness (QED) is 0.317. The lowest BCUT2D eigenvalue weighted by Gasteiger charge is -2.31. The summed E-state index contributed by atoms with van der Waals surface area (Å²) in [6, 6.07) is 11.5. The molecule has 2 aromatic carbocycles. The Balaban J connectivity index is 2.42. The molecule has 1 unspecified atom stereocenters. The van der Waals surface area contributed by atoms with Gasteiger partial charge in [-0.2, -0.15) is 0 Å². The van der Waals surface area contributed by atoms with Gasteiger partial charge in [0.05, 0.1) is 29.5 Å². The molecule has 0 heterocycles. The van der Waals surface area contributed by atoms with E-state index in [0.717, 1.165) is 5.56 Å². The molecule has 0 spiro atoms. The molecule has 0 aliphatic heterocycles. The molecule has 0 saturated heterocycles. The van der Waals surface area contributed by atoms with Crippen molar-refractivity contribution in [2.75, 3.05) is 14.2 Å². The van der Waals surface area contributed by atoms with Crippen LogP contribution in [0.25, 0.3) is 0 Å². The van der Waals surface area contributed by atoms with E-state index >= 15 is 0 Å². The number of carbonyl (C=O) groups is 2. The summed E-state index contributed by atoms with van der Waals surface area (Å²) in [7, 11) is 2.47. The third-order valence-corrected chi connectivity index (χ3v) is 5.18. The van der Waals surface area contributed by atoms with Crippen molar-refractivity contribution in [1.29, 1.82) is 0 Å². The van der Waals surface area contributed by atoms with Crippen molar-refractivity contribution < 1.29 is 28.9 Å². The van der Waals surface area contributed by atoms with E-state index in [1.54, 1.807) is 12.1 Å². The summed E-state index contributed by atoms with van der Waals surface area (Å²) in [5.41, 5.74) is -0.232. The van der Waals surface area contributed by atoms with Crippen LogP contribution in [0.5, 0.6) is 0 Å². The lowest BCUT2D eigenvalue weighted by molar-refractivity contribution is -0.385. The Labute approximate surface area is 178 Å². The molecule has 0 N–H and O–H groups in total. The molecule has 0 radical (unpaired) electrons. The molecule has 0 fully saturated rings. The number of esters is 2. The molecule has 0 aromatic heterocycles. The van der Waals surface area contributed by atoms with Crippen molar-refractivity contribution in [2.24, 2.45) is 0 Å². The first-order valence-electron chi connectivity index (χ1n) is 9.37. The van der Waals surface area contributed by atoms with Gasteiger partial charge < -0.3 is 9.47 Å². The lowest BCUT2D eigenvalue weighted by Crippen LogP contribution is -2.38. The van der Waals surface area contributed by atoms with Crippen LogP contribution < -0.4 is 0 Å². The minimum absolute atomic E-state index is 0.0518. The van der Waals surface area contributed by atoms with Crippen LogP contribution in [0.4, 0.5) is 11.4 Å². The predicted octanol–water partition coefficient (Wildman–Crippen LogP) is 3.50. The number of nitro benzene ring substituents is 2. The van der Waals surface area contributed by atoms with Gasteiger partial charge in [-0.3, -0.25) is 29.8 Å². The normalized spacial score (nSPS) is 12.5. The second-order valence-electron chi connectivity index (χ2n) is 6.88. The van der Waals surface area contributed by atoms with Crippen LogP contribution in [-0.2, 0) is 30.9 Å². The van der Waals surface area contributed by atoms with Crippen LogP contribution in [0.15, 0.2) is 48.5 Å². The Morgan fingerprint density at radius 1 is 0.839 bits per heavy atom. The molecule has 2 rings (SSSR count). The standard InChI is InChI=1S/C21H22N2O8/c1-30-19(24)12-14-21(20(25)31-2,16-5-9-18(10-6-16)23(28)29)13-11-15-3-7-17(8-4-15)22(26)27/h3-10H,11-14H2,1-2H3. The van der Waals surface area contributed by atoms with Crippen LogP contribution in [0, 0.1) is 20.2 Å². The topological polar surface area (TPSA) is 139 Å². The minimum atomic E-state index is -1.26. The summed E-state index contributed by atoms with van der Waals surface area (Å²) < 4.78 is 9.74. The van der Waals surface area contributed by atoms with Gasteiger partial charge in [0.15, 0.2) is 0 Å². The molecule has 0 amide bonds. The molecular formula is C21H22N2O8. The van der Waals surface area contributed by atoms with Crippen molar-refractivity contribution in [2.45, 2.75) is 31.1 Å². The average molecular weight is 430 g/mol. The molecule has 0 aliphatic carbocycles. The number of benzene rings is 2. The number of rotatable bonds is 10. The van der Waals surface area contributed by atoms with E-state index in [-0.39, 0.29) is 30.6 Å². The largest absolute Gasteiger partial charge is 0.469 e. The first-order valence-corrected chi connectivity index (χ1v) is 9.37. The zero-order chi connectivity index (χ0) is 23.0. The molecule has 10 nitrogen and oxygen atoms in total. The Kier molecular flexibility index (Phi) is 7.78. The monoisotopic (exact) mass is 430 g/mol. The highest BCUT2D eigenvalue weighted by Gasteiger charge is 2.41. The van der Waals surface area contributed by atoms with Crippen LogP contribution in [0.1, 0.15) is 30.4 Å². The second-order valence-corrected chi connectivity index (χ2v) is 6.88. The first kappa shape index (κ1) is 23.5. The minimum Gasteiger partial charge on any atom is -0.469 e. The zero-order valence-corrected chi connectivity index (χ0v) is 17.1. The number of ether oxygens (including phenoxy) is 2. The summed E-state index contributed by atoms with van der Waals surface area (Å²) in [6.45, 7) is 0. The van der Waals surface area contributed by atoms with E-state index in [0.29, 0.717) is 12.0 Å². The summed E-state index contributed by atoms with van der Waals surface area (Å²) in [5, 5.41) is 21.8. The Morgan fingerprint density at radius 3 is 1.81 bits per heavy atom. The van der Waals surface area contributed by atoms with Gasteiger partial charge in [0.2, 0.25) is 0 Å². The van der Waals surface area contributed by atoms with Gasteiger partial charge >= 0.3 is 11.9 Å². The van der Waals surface area contributed by atoms with E-state index in [1.807, 2.05) is 0 Å². The highest BCUT2D eigenvalue weighted by molar-refractivity contribution is 5.84. The van der Waals surface area contributed by atoms with Gasteiger partial charge in [-0.1, -0.05) is 24.3 Å². The summed E-state index contributed by atoms with van der Waals surface area (Å²) in [5.74, 6) is -1.10. The average Bonchev–Trinajstić information content (AvgIpc) is 2.79. The number of hydrogen-bond acceptors (Lipinski definition) is 8. The third-order valence-electron chi connectivity index (χ3n) is 5.18. The highest BCUT2D eigenvalue weighted by atomic mass is 16.6. The molecule has 31 heavy (non-hydrogen) atoms. The maximum atomic E-state index is 12.9. The molecule has 10 heteroatoms. The van der Waals surface area contributed by atoms with Crippen molar-refractivity contribution >= 4 is 23.3 Å². The van der Waals surface area contributed by atoms with Gasteiger partial charge in [-0.15, -0.1) is 0 Å². The van der Waals surface area contributed by atoms with E-state index < -0.39 is 27.2 Å². The maximum Gasteiger partial charge on any atom is 0.316 e. The fourth-order valence-corrected chi connectivity index (χ4v) is 3.39. The van der Waals surface area contributed by atoms with Crippen LogP contribution in [0.3, 0.4) is 0 Å². The predicted molar refractivity (Wildman–Crippen MR) is 109 cm³/mol. The van der Waals surface area contributed by atoms with Crippen molar-refractivity contribution in [3.63, 3.8) is 0 Å². The van der Waals surface area contributed by atoms with Crippen molar-refractivity contribution in [3.05, 3.63) is 79.9 Å². The maximum absolute atomic E-state index is 12.9. The molecular weight excluding hydrogens is 408 g/mol. The zero-order valence-electron chi connectivity index (χ0n) is 17.1. The number of hydrogen-bond donors (Lipinski definition) is 0. The number of nitro groups is 2. The van der Waals surface area contributed by atoms with Gasteiger partial charge in [0.1, 0.15) is 0 Å². The summed E-state index contributed by atoms with van der Waals surface area (Å²) in [6.07, 6.45) is 0.567. The molecule has 0 bridgehead atoms. The molecule has 0 saturated carbocycles. The fraction of sp³-hybridized carbons (Fsp3) is 0.333. The van der Waals surface area contributed by atoms with E-state index in [9.17, 15) is 29.8 Å². The summed E-state index contributed by atoms with van der Waals surface area (Å²) >= 11 is 0. The molecule has 0 aliphatic rings. The van der Waals surface area contributed by atoms with Gasteiger partial charge in [0, 0.05) is 30.7 Å². The lowest BCUT2D eigenvalue weighted by atomic mass is 9.72. The molecule has 1 atom stereocenters. The van der Waals surface area contributed by atoms with E-state index in [1.165, 1.54) is 50.6 Å². The number of nitrogens with zero attached hydrogens (tertiary/aromatic N) is 2. The summed E-state index contributed by atoms with van der Waals surface area (Å²) in [4.78, 5) is 45.5. The smallest absolute Gasteiger partial charge is 0.316 e. The van der Waals surface area contributed by atoms with Crippen LogP contribution in [0.2, 0.25) is 0 Å². The molecule has 164 valence electrons. The van der Waals surface area contributed by atoms with Crippen LogP contribution >= 0.6 is 0 Å². The van der Waals surface area contributed by atoms with Crippen molar-refractivity contribution in [3.8, 4) is 0 Å². The van der Waals surface area contributed by atoms with Gasteiger partial charge in [0.25, 0.3) is 11.4 Å². The second kappa shape index (κ2) is 10.3. The van der Waals surface area contributed by atoms with E-state index in [4.69, 9.17) is 9.47 Å². The Hall–Kier alpha value is -3.82.